The highest BCUT2D eigenvalue weighted by Crippen LogP contribution is 2.39. The molecule has 1 aliphatic carbocycles. The molecule has 2 aromatic rings. The summed E-state index contributed by atoms with van der Waals surface area (Å²) in [5.74, 6) is 1.68. The van der Waals surface area contributed by atoms with Crippen LogP contribution in [0.25, 0.3) is 0 Å². The van der Waals surface area contributed by atoms with Crippen molar-refractivity contribution in [2.75, 3.05) is 19.6 Å². The van der Waals surface area contributed by atoms with Crippen LogP contribution in [0.1, 0.15) is 64.2 Å². The number of hydrogen-bond acceptors (Lipinski definition) is 2. The largest absolute Gasteiger partial charge is 0.334 e. The summed E-state index contributed by atoms with van der Waals surface area (Å²) in [4.78, 5) is 15.0. The van der Waals surface area contributed by atoms with Crippen LogP contribution in [0.4, 0.5) is 4.39 Å². The molecule has 0 radical (unpaired) electrons. The van der Waals surface area contributed by atoms with Gasteiger partial charge in [0.15, 0.2) is 0 Å². The number of benzene rings is 2. The van der Waals surface area contributed by atoms with Crippen LogP contribution in [0.15, 0.2) is 36.4 Å². The summed E-state index contributed by atoms with van der Waals surface area (Å²) in [6.07, 6.45) is 5.65. The molecule has 158 valence electrons. The van der Waals surface area contributed by atoms with Gasteiger partial charge in [0, 0.05) is 18.7 Å². The molecule has 30 heavy (non-hydrogen) atoms. The number of hydrogen-bond donors (Lipinski definition) is 1. The number of nitrogens with zero attached hydrogens (tertiary/aromatic N) is 1. The van der Waals surface area contributed by atoms with Crippen LogP contribution >= 0.6 is 0 Å². The molecule has 0 aromatic heterocycles. The fourth-order valence-electron chi connectivity index (χ4n) is 5.45. The van der Waals surface area contributed by atoms with E-state index in [9.17, 15) is 9.18 Å². The van der Waals surface area contributed by atoms with Gasteiger partial charge in [-0.3, -0.25) is 4.79 Å². The molecule has 0 spiro atoms. The second-order valence-electron chi connectivity index (χ2n) is 9.53. The first kappa shape index (κ1) is 19.7. The zero-order valence-corrected chi connectivity index (χ0v) is 17.8. The van der Waals surface area contributed by atoms with Crippen LogP contribution in [0.2, 0.25) is 0 Å². The minimum Gasteiger partial charge on any atom is -0.334 e. The molecule has 0 bridgehead atoms. The Kier molecular flexibility index (Phi) is 5.36. The third-order valence-corrected chi connectivity index (χ3v) is 7.20. The highest BCUT2D eigenvalue weighted by atomic mass is 19.1. The lowest BCUT2D eigenvalue weighted by atomic mass is 9.76. The Bertz CT molecular complexity index is 946. The van der Waals surface area contributed by atoms with E-state index in [1.54, 1.807) is 6.07 Å². The number of nitrogens with one attached hydrogen (secondary N) is 1. The molecule has 2 aromatic carbocycles. The van der Waals surface area contributed by atoms with Gasteiger partial charge in [-0.25, -0.2) is 4.39 Å². The number of halogens is 1. The van der Waals surface area contributed by atoms with Crippen LogP contribution in [0, 0.1) is 24.6 Å². The molecule has 5 rings (SSSR count). The Morgan fingerprint density at radius 3 is 2.67 bits per heavy atom. The van der Waals surface area contributed by atoms with E-state index >= 15 is 0 Å². The van der Waals surface area contributed by atoms with Gasteiger partial charge in [0.2, 0.25) is 0 Å². The molecule has 3 aliphatic rings. The van der Waals surface area contributed by atoms with E-state index in [4.69, 9.17) is 0 Å². The van der Waals surface area contributed by atoms with E-state index in [2.05, 4.69) is 24.4 Å². The van der Waals surface area contributed by atoms with E-state index in [-0.39, 0.29) is 11.7 Å². The minimum absolute atomic E-state index is 0.164. The van der Waals surface area contributed by atoms with Gasteiger partial charge in [-0.1, -0.05) is 24.3 Å². The number of carbonyl (C=O) groups excluding carboxylic acids is 1. The lowest BCUT2D eigenvalue weighted by Crippen LogP contribution is -2.31. The van der Waals surface area contributed by atoms with Crippen molar-refractivity contribution in [2.45, 2.75) is 51.5 Å². The summed E-state index contributed by atoms with van der Waals surface area (Å²) < 4.78 is 13.8. The van der Waals surface area contributed by atoms with Crippen LogP contribution in [0.3, 0.4) is 0 Å². The average molecular weight is 407 g/mol. The topological polar surface area (TPSA) is 32.3 Å². The van der Waals surface area contributed by atoms with E-state index < -0.39 is 0 Å². The third-order valence-electron chi connectivity index (χ3n) is 7.20. The zero-order valence-electron chi connectivity index (χ0n) is 17.8. The first-order valence-electron chi connectivity index (χ1n) is 11.5. The standard InChI is InChI=1S/C26H31FN2O/c1-17-11-21(14-22-16-29(15-18-5-6-18)26(30)25(17)22)24(20-7-9-28-10-8-20)13-19-3-2-4-23(27)12-19/h2-4,11-12,14,18,20,24,28H,5-10,13,15-16H2,1H3. The zero-order chi connectivity index (χ0) is 20.7. The van der Waals surface area contributed by atoms with Gasteiger partial charge in [-0.05, 0) is 104 Å². The van der Waals surface area contributed by atoms with Gasteiger partial charge in [0.1, 0.15) is 5.82 Å². The third kappa shape index (κ3) is 4.02. The Morgan fingerprint density at radius 1 is 1.13 bits per heavy atom. The molecule has 3 nitrogen and oxygen atoms in total. The monoisotopic (exact) mass is 406 g/mol. The van der Waals surface area contributed by atoms with Crippen molar-refractivity contribution in [3.8, 4) is 0 Å². The normalized spacial score (nSPS) is 20.5. The number of piperidine rings is 1. The molecule has 2 aliphatic heterocycles. The van der Waals surface area contributed by atoms with Crippen LogP contribution in [-0.4, -0.2) is 30.4 Å². The molecule has 2 heterocycles. The van der Waals surface area contributed by atoms with Gasteiger partial charge in [0.25, 0.3) is 5.91 Å². The van der Waals surface area contributed by atoms with Crippen molar-refractivity contribution in [1.82, 2.24) is 10.2 Å². The Balaban J connectivity index is 1.46. The van der Waals surface area contributed by atoms with E-state index in [1.165, 1.54) is 30.0 Å². The highest BCUT2D eigenvalue weighted by molar-refractivity contribution is 5.99. The van der Waals surface area contributed by atoms with Crippen molar-refractivity contribution in [2.24, 2.45) is 11.8 Å². The van der Waals surface area contributed by atoms with Crippen molar-refractivity contribution < 1.29 is 9.18 Å². The molecular weight excluding hydrogens is 375 g/mol. The van der Waals surface area contributed by atoms with Crippen molar-refractivity contribution in [3.63, 3.8) is 0 Å². The number of amides is 1. The van der Waals surface area contributed by atoms with E-state index in [0.29, 0.717) is 17.8 Å². The SMILES string of the molecule is Cc1cc(C(Cc2cccc(F)c2)C2CCNCC2)cc2c1C(=O)N(CC1CC1)C2. The molecule has 1 atom stereocenters. The van der Waals surface area contributed by atoms with Crippen molar-refractivity contribution in [1.29, 1.82) is 0 Å². The quantitative estimate of drug-likeness (QED) is 0.746. The number of fused-ring (bicyclic) bond motifs is 1. The van der Waals surface area contributed by atoms with E-state index in [1.807, 2.05) is 17.0 Å². The lowest BCUT2D eigenvalue weighted by Gasteiger charge is -2.32. The summed E-state index contributed by atoms with van der Waals surface area (Å²) in [5, 5.41) is 3.47. The molecule has 1 N–H and O–H groups in total. The maximum absolute atomic E-state index is 13.8. The Hall–Kier alpha value is -2.20. The van der Waals surface area contributed by atoms with Crippen LogP contribution in [0.5, 0.6) is 0 Å². The summed E-state index contributed by atoms with van der Waals surface area (Å²) in [6, 6.07) is 11.6. The number of rotatable bonds is 6. The lowest BCUT2D eigenvalue weighted by molar-refractivity contribution is 0.0770. The molecule has 1 saturated carbocycles. The van der Waals surface area contributed by atoms with Crippen LogP contribution in [-0.2, 0) is 13.0 Å². The average Bonchev–Trinajstić information content (AvgIpc) is 3.50. The van der Waals surface area contributed by atoms with Gasteiger partial charge in [0.05, 0.1) is 0 Å². The van der Waals surface area contributed by atoms with E-state index in [0.717, 1.165) is 62.1 Å². The first-order valence-corrected chi connectivity index (χ1v) is 11.5. The number of carbonyl (C=O) groups is 1. The second-order valence-corrected chi connectivity index (χ2v) is 9.53. The van der Waals surface area contributed by atoms with Crippen molar-refractivity contribution >= 4 is 5.91 Å². The second kappa shape index (κ2) is 8.14. The smallest absolute Gasteiger partial charge is 0.254 e. The maximum atomic E-state index is 13.8. The minimum atomic E-state index is -0.164. The summed E-state index contributed by atoms with van der Waals surface area (Å²) in [5.41, 5.74) is 5.60. The van der Waals surface area contributed by atoms with Gasteiger partial charge in [-0.15, -0.1) is 0 Å². The molecule has 1 unspecified atom stereocenters. The first-order chi connectivity index (χ1) is 14.6. The van der Waals surface area contributed by atoms with Gasteiger partial charge >= 0.3 is 0 Å². The molecule has 1 amide bonds. The predicted octanol–water partition coefficient (Wildman–Crippen LogP) is 4.83. The van der Waals surface area contributed by atoms with Gasteiger partial charge < -0.3 is 10.2 Å². The predicted molar refractivity (Wildman–Crippen MR) is 117 cm³/mol. The molecule has 1 saturated heterocycles. The number of aryl methyl sites for hydroxylation is 1. The highest BCUT2D eigenvalue weighted by Gasteiger charge is 2.35. The van der Waals surface area contributed by atoms with Crippen molar-refractivity contribution in [3.05, 3.63) is 70.0 Å². The fraction of sp³-hybridized carbons (Fsp3) is 0.500. The van der Waals surface area contributed by atoms with Crippen LogP contribution < -0.4 is 5.32 Å². The molecule has 4 heteroatoms. The fourth-order valence-corrected chi connectivity index (χ4v) is 5.45. The summed E-state index contributed by atoms with van der Waals surface area (Å²) in [6.45, 7) is 5.83. The maximum Gasteiger partial charge on any atom is 0.254 e. The molecule has 2 fully saturated rings. The Labute approximate surface area is 178 Å². The Morgan fingerprint density at radius 2 is 1.93 bits per heavy atom. The van der Waals surface area contributed by atoms with Gasteiger partial charge in [-0.2, -0.15) is 0 Å². The summed E-state index contributed by atoms with van der Waals surface area (Å²) >= 11 is 0. The molecular formula is C26H31FN2O. The summed E-state index contributed by atoms with van der Waals surface area (Å²) in [7, 11) is 0.